The molecule has 0 amide bonds. The van der Waals surface area contributed by atoms with E-state index in [0.29, 0.717) is 5.95 Å². The molecule has 0 saturated heterocycles. The van der Waals surface area contributed by atoms with Crippen molar-refractivity contribution in [2.45, 2.75) is 47.0 Å². The summed E-state index contributed by atoms with van der Waals surface area (Å²) >= 11 is 0. The van der Waals surface area contributed by atoms with E-state index in [9.17, 15) is 0 Å². The minimum Gasteiger partial charge on any atom is -0.396 e. The second-order valence-electron chi connectivity index (χ2n) is 5.99. The molecule has 0 aromatic carbocycles. The fourth-order valence-electron chi connectivity index (χ4n) is 1.95. The van der Waals surface area contributed by atoms with E-state index in [2.05, 4.69) is 41.4 Å². The maximum absolute atomic E-state index is 8.92. The molecule has 0 atom stereocenters. The largest absolute Gasteiger partial charge is 0.396 e. The minimum atomic E-state index is 0.137. The predicted octanol–water partition coefficient (Wildman–Crippen LogP) is 2.82. The first-order valence-corrected chi connectivity index (χ1v) is 7.41. The smallest absolute Gasteiger partial charge is 0.224 e. The molecular weight excluding hydrogens is 252 g/mol. The fraction of sp³-hybridized carbons (Fsp3) is 0.733. The van der Waals surface area contributed by atoms with Crippen LogP contribution in [0.5, 0.6) is 0 Å². The molecule has 1 aromatic rings. The van der Waals surface area contributed by atoms with Gasteiger partial charge in [-0.2, -0.15) is 4.98 Å². The normalized spacial score (nSPS) is 11.4. The summed E-state index contributed by atoms with van der Waals surface area (Å²) in [6, 6.07) is 1.96. The van der Waals surface area contributed by atoms with Crippen molar-refractivity contribution in [2.75, 3.05) is 30.3 Å². The van der Waals surface area contributed by atoms with E-state index in [-0.39, 0.29) is 12.0 Å². The van der Waals surface area contributed by atoms with E-state index in [1.165, 1.54) is 0 Å². The van der Waals surface area contributed by atoms with Crippen LogP contribution in [-0.2, 0) is 0 Å². The molecule has 5 heteroatoms. The van der Waals surface area contributed by atoms with Gasteiger partial charge in [0.05, 0.1) is 0 Å². The molecule has 5 nitrogen and oxygen atoms in total. The lowest BCUT2D eigenvalue weighted by molar-refractivity contribution is 0.248. The number of nitrogens with zero attached hydrogens (tertiary/aromatic N) is 2. The third kappa shape index (κ3) is 6.19. The first kappa shape index (κ1) is 16.7. The summed E-state index contributed by atoms with van der Waals surface area (Å²) in [6.45, 7) is 10.4. The summed E-state index contributed by atoms with van der Waals surface area (Å²) < 4.78 is 0. The Morgan fingerprint density at radius 3 is 2.65 bits per heavy atom. The highest BCUT2D eigenvalue weighted by Gasteiger charge is 2.17. The average Bonchev–Trinajstić information content (AvgIpc) is 2.40. The molecule has 3 N–H and O–H groups in total. The number of aliphatic hydroxyl groups is 1. The first-order valence-electron chi connectivity index (χ1n) is 7.41. The molecule has 0 spiro atoms. The van der Waals surface area contributed by atoms with Crippen LogP contribution in [0.2, 0.25) is 0 Å². The van der Waals surface area contributed by atoms with Crippen molar-refractivity contribution in [1.29, 1.82) is 0 Å². The number of aromatic nitrogens is 2. The quantitative estimate of drug-likeness (QED) is 0.649. The lowest BCUT2D eigenvalue weighted by atomic mass is 9.88. The summed E-state index contributed by atoms with van der Waals surface area (Å²) in [4.78, 5) is 8.84. The van der Waals surface area contributed by atoms with Crippen molar-refractivity contribution in [3.63, 3.8) is 0 Å². The first-order chi connectivity index (χ1) is 9.46. The van der Waals surface area contributed by atoms with Crippen LogP contribution < -0.4 is 10.6 Å². The summed E-state index contributed by atoms with van der Waals surface area (Å²) in [7, 11) is 0. The van der Waals surface area contributed by atoms with Crippen LogP contribution in [0, 0.1) is 12.3 Å². The molecule has 114 valence electrons. The molecule has 0 bridgehead atoms. The van der Waals surface area contributed by atoms with E-state index in [0.717, 1.165) is 43.9 Å². The number of hydrogen-bond acceptors (Lipinski definition) is 5. The van der Waals surface area contributed by atoms with Crippen molar-refractivity contribution >= 4 is 11.8 Å². The molecule has 20 heavy (non-hydrogen) atoms. The van der Waals surface area contributed by atoms with E-state index in [4.69, 9.17) is 5.11 Å². The standard InChI is InChI=1S/C15H28N4O/c1-5-8-16-14-18-12(2)10-13(19-14)17-11-15(3,4)7-6-9-20/h10,20H,5-9,11H2,1-4H3,(H2,16,17,18,19). The van der Waals surface area contributed by atoms with Crippen molar-refractivity contribution in [2.24, 2.45) is 5.41 Å². The highest BCUT2D eigenvalue weighted by Crippen LogP contribution is 2.22. The summed E-state index contributed by atoms with van der Waals surface area (Å²) in [5, 5.41) is 15.5. The third-order valence-corrected chi connectivity index (χ3v) is 3.15. The summed E-state index contributed by atoms with van der Waals surface area (Å²) in [5.74, 6) is 1.54. The molecule has 0 unspecified atom stereocenters. The van der Waals surface area contributed by atoms with Crippen molar-refractivity contribution < 1.29 is 5.11 Å². The molecule has 0 radical (unpaired) electrons. The Kier molecular flexibility index (Phi) is 6.71. The molecule has 0 aliphatic carbocycles. The Morgan fingerprint density at radius 1 is 1.25 bits per heavy atom. The average molecular weight is 280 g/mol. The van der Waals surface area contributed by atoms with E-state index in [1.807, 2.05) is 13.0 Å². The second-order valence-corrected chi connectivity index (χ2v) is 5.99. The topological polar surface area (TPSA) is 70.1 Å². The number of nitrogens with one attached hydrogen (secondary N) is 2. The Morgan fingerprint density at radius 2 is 2.00 bits per heavy atom. The van der Waals surface area contributed by atoms with Gasteiger partial charge < -0.3 is 15.7 Å². The maximum Gasteiger partial charge on any atom is 0.224 e. The highest BCUT2D eigenvalue weighted by molar-refractivity contribution is 5.42. The van der Waals surface area contributed by atoms with Crippen LogP contribution in [-0.4, -0.2) is 34.8 Å². The zero-order valence-electron chi connectivity index (χ0n) is 13.2. The van der Waals surface area contributed by atoms with Gasteiger partial charge in [0, 0.05) is 31.5 Å². The lowest BCUT2D eigenvalue weighted by Gasteiger charge is -2.25. The molecule has 0 saturated carbocycles. The molecule has 1 heterocycles. The van der Waals surface area contributed by atoms with Crippen LogP contribution >= 0.6 is 0 Å². The van der Waals surface area contributed by atoms with Crippen LogP contribution in [0.15, 0.2) is 6.07 Å². The summed E-state index contributed by atoms with van der Waals surface area (Å²) in [6.07, 6.45) is 2.87. The fourth-order valence-corrected chi connectivity index (χ4v) is 1.95. The van der Waals surface area contributed by atoms with Gasteiger partial charge >= 0.3 is 0 Å². The van der Waals surface area contributed by atoms with Gasteiger partial charge in [0.15, 0.2) is 0 Å². The van der Waals surface area contributed by atoms with Gasteiger partial charge in [-0.15, -0.1) is 0 Å². The second kappa shape index (κ2) is 8.04. The highest BCUT2D eigenvalue weighted by atomic mass is 16.2. The molecule has 0 aliphatic rings. The van der Waals surface area contributed by atoms with Crippen LogP contribution in [0.4, 0.5) is 11.8 Å². The monoisotopic (exact) mass is 280 g/mol. The maximum atomic E-state index is 8.92. The van der Waals surface area contributed by atoms with Gasteiger partial charge in [0.2, 0.25) is 5.95 Å². The number of rotatable bonds is 9. The minimum absolute atomic E-state index is 0.137. The Bertz CT molecular complexity index is 407. The molecule has 1 aromatic heterocycles. The van der Waals surface area contributed by atoms with Gasteiger partial charge in [-0.25, -0.2) is 4.98 Å². The molecule has 0 fully saturated rings. The van der Waals surface area contributed by atoms with Gasteiger partial charge in [0.1, 0.15) is 5.82 Å². The van der Waals surface area contributed by atoms with E-state index >= 15 is 0 Å². The van der Waals surface area contributed by atoms with Gasteiger partial charge in [0.25, 0.3) is 0 Å². The van der Waals surface area contributed by atoms with E-state index in [1.54, 1.807) is 0 Å². The number of anilines is 2. The molecular formula is C15H28N4O. The van der Waals surface area contributed by atoms with Gasteiger partial charge in [-0.1, -0.05) is 20.8 Å². The lowest BCUT2D eigenvalue weighted by Crippen LogP contribution is -2.24. The Hall–Kier alpha value is -1.36. The van der Waals surface area contributed by atoms with Crippen molar-refractivity contribution in [1.82, 2.24) is 9.97 Å². The predicted molar refractivity (Wildman–Crippen MR) is 84.1 cm³/mol. The van der Waals surface area contributed by atoms with E-state index < -0.39 is 0 Å². The van der Waals surface area contributed by atoms with Gasteiger partial charge in [-0.05, 0) is 31.6 Å². The van der Waals surface area contributed by atoms with Crippen LogP contribution in [0.25, 0.3) is 0 Å². The van der Waals surface area contributed by atoms with Crippen LogP contribution in [0.1, 0.15) is 45.7 Å². The Balaban J connectivity index is 2.60. The third-order valence-electron chi connectivity index (χ3n) is 3.15. The number of aryl methyl sites for hydroxylation is 1. The molecule has 1 rings (SSSR count). The number of aliphatic hydroxyl groups excluding tert-OH is 1. The van der Waals surface area contributed by atoms with Crippen molar-refractivity contribution in [3.05, 3.63) is 11.8 Å². The Labute approximate surface area is 122 Å². The van der Waals surface area contributed by atoms with Crippen molar-refractivity contribution in [3.8, 4) is 0 Å². The molecule has 0 aliphatic heterocycles. The summed E-state index contributed by atoms with van der Waals surface area (Å²) in [5.41, 5.74) is 1.09. The SMILES string of the molecule is CCCNc1nc(C)cc(NCC(C)(C)CCCO)n1. The van der Waals surface area contributed by atoms with Crippen LogP contribution in [0.3, 0.4) is 0 Å². The van der Waals surface area contributed by atoms with Gasteiger partial charge in [-0.3, -0.25) is 0 Å². The zero-order valence-corrected chi connectivity index (χ0v) is 13.2. The zero-order chi connectivity index (χ0) is 15.0. The number of hydrogen-bond donors (Lipinski definition) is 3.